The summed E-state index contributed by atoms with van der Waals surface area (Å²) in [5.74, 6) is 0.805. The van der Waals surface area contributed by atoms with E-state index in [1.807, 2.05) is 17.5 Å². The van der Waals surface area contributed by atoms with Gasteiger partial charge in [0.15, 0.2) is 0 Å². The predicted molar refractivity (Wildman–Crippen MR) is 88.0 cm³/mol. The number of nitrogens with zero attached hydrogens (tertiary/aromatic N) is 2. The normalized spacial score (nSPS) is 11.7. The highest BCUT2D eigenvalue weighted by Gasteiger charge is 2.17. The van der Waals surface area contributed by atoms with Crippen LogP contribution in [0.1, 0.15) is 5.89 Å². The molecule has 9 heteroatoms. The van der Waals surface area contributed by atoms with Gasteiger partial charge in [-0.25, -0.2) is 13.1 Å². The molecule has 0 bridgehead atoms. The molecule has 0 aliphatic heterocycles. The van der Waals surface area contributed by atoms with Crippen molar-refractivity contribution in [2.24, 2.45) is 0 Å². The maximum atomic E-state index is 12.2. The minimum Gasteiger partial charge on any atom is -0.420 e. The Morgan fingerprint density at radius 1 is 1.17 bits per heavy atom. The van der Waals surface area contributed by atoms with E-state index in [9.17, 15) is 8.42 Å². The first-order valence-corrected chi connectivity index (χ1v) is 9.41. The van der Waals surface area contributed by atoms with E-state index < -0.39 is 10.0 Å². The van der Waals surface area contributed by atoms with Gasteiger partial charge in [-0.05, 0) is 23.6 Å². The molecule has 6 nitrogen and oxygen atoms in total. The second-order valence-electron chi connectivity index (χ2n) is 4.56. The van der Waals surface area contributed by atoms with Gasteiger partial charge in [-0.2, -0.15) is 0 Å². The Labute approximate surface area is 142 Å². The molecule has 0 unspecified atom stereocenters. The van der Waals surface area contributed by atoms with Crippen LogP contribution in [0.25, 0.3) is 10.8 Å². The maximum absolute atomic E-state index is 12.2. The molecule has 0 aliphatic rings. The molecule has 0 spiro atoms. The molecule has 3 rings (SSSR count). The lowest BCUT2D eigenvalue weighted by atomic mass is 10.4. The quantitative estimate of drug-likeness (QED) is 0.722. The zero-order valence-corrected chi connectivity index (χ0v) is 14.2. The van der Waals surface area contributed by atoms with E-state index in [0.717, 1.165) is 4.88 Å². The zero-order chi connectivity index (χ0) is 16.3. The first-order chi connectivity index (χ1) is 11.1. The monoisotopic (exact) mass is 369 g/mol. The van der Waals surface area contributed by atoms with Crippen LogP contribution in [0.15, 0.2) is 51.1 Å². The summed E-state index contributed by atoms with van der Waals surface area (Å²) < 4.78 is 32.3. The van der Waals surface area contributed by atoms with Crippen molar-refractivity contribution in [1.82, 2.24) is 14.9 Å². The van der Waals surface area contributed by atoms with E-state index >= 15 is 0 Å². The van der Waals surface area contributed by atoms with Gasteiger partial charge in [0.2, 0.25) is 15.9 Å². The van der Waals surface area contributed by atoms with Crippen molar-refractivity contribution in [1.29, 1.82) is 0 Å². The van der Waals surface area contributed by atoms with Gasteiger partial charge in [-0.15, -0.1) is 21.5 Å². The Kier molecular flexibility index (Phi) is 4.76. The van der Waals surface area contributed by atoms with Crippen molar-refractivity contribution in [2.75, 3.05) is 6.54 Å². The SMILES string of the molecule is O=S(=O)(NCCc1nnc(-c2cccs2)o1)c1ccccc1Cl. The highest BCUT2D eigenvalue weighted by atomic mass is 35.5. The van der Waals surface area contributed by atoms with Gasteiger partial charge >= 0.3 is 0 Å². The molecule has 0 saturated carbocycles. The van der Waals surface area contributed by atoms with Crippen molar-refractivity contribution in [3.05, 3.63) is 52.7 Å². The largest absolute Gasteiger partial charge is 0.420 e. The van der Waals surface area contributed by atoms with Crippen LogP contribution in [0.5, 0.6) is 0 Å². The van der Waals surface area contributed by atoms with Crippen molar-refractivity contribution in [3.63, 3.8) is 0 Å². The van der Waals surface area contributed by atoms with Crippen molar-refractivity contribution < 1.29 is 12.8 Å². The molecule has 0 radical (unpaired) electrons. The molecule has 23 heavy (non-hydrogen) atoms. The van der Waals surface area contributed by atoms with Gasteiger partial charge in [0, 0.05) is 13.0 Å². The minimum absolute atomic E-state index is 0.0477. The number of benzene rings is 1. The average molecular weight is 370 g/mol. The first-order valence-electron chi connectivity index (χ1n) is 6.67. The van der Waals surface area contributed by atoms with Crippen LogP contribution in [0, 0.1) is 0 Å². The summed E-state index contributed by atoms with van der Waals surface area (Å²) >= 11 is 7.40. The van der Waals surface area contributed by atoms with Gasteiger partial charge < -0.3 is 4.42 Å². The lowest BCUT2D eigenvalue weighted by molar-refractivity contribution is 0.503. The third-order valence-corrected chi connectivity index (χ3v) is 5.77. The third-order valence-electron chi connectivity index (χ3n) is 2.96. The van der Waals surface area contributed by atoms with E-state index in [2.05, 4.69) is 14.9 Å². The minimum atomic E-state index is -3.67. The molecule has 0 atom stereocenters. The number of sulfonamides is 1. The van der Waals surface area contributed by atoms with Gasteiger partial charge in [0.25, 0.3) is 5.89 Å². The standard InChI is InChI=1S/C14H12ClN3O3S2/c15-10-4-1-2-6-12(10)23(19,20)16-8-7-13-17-18-14(21-13)11-5-3-9-22-11/h1-6,9,16H,7-8H2. The number of aromatic nitrogens is 2. The number of rotatable bonds is 6. The summed E-state index contributed by atoms with van der Waals surface area (Å²) in [7, 11) is -3.67. The van der Waals surface area contributed by atoms with Gasteiger partial charge in [-0.1, -0.05) is 29.8 Å². The summed E-state index contributed by atoms with van der Waals surface area (Å²) in [5.41, 5.74) is 0. The van der Waals surface area contributed by atoms with Crippen LogP contribution in [-0.2, 0) is 16.4 Å². The van der Waals surface area contributed by atoms with Crippen LogP contribution < -0.4 is 4.72 Å². The fourth-order valence-corrected chi connectivity index (χ4v) is 4.08. The van der Waals surface area contributed by atoms with Gasteiger partial charge in [0.1, 0.15) is 4.90 Å². The molecule has 120 valence electrons. The number of nitrogens with one attached hydrogen (secondary N) is 1. The van der Waals surface area contributed by atoms with E-state index in [1.54, 1.807) is 12.1 Å². The zero-order valence-electron chi connectivity index (χ0n) is 11.8. The second-order valence-corrected chi connectivity index (χ2v) is 7.65. The lowest BCUT2D eigenvalue weighted by Gasteiger charge is -2.06. The number of halogens is 1. The summed E-state index contributed by atoms with van der Waals surface area (Å²) in [5, 5.41) is 9.94. The fourth-order valence-electron chi connectivity index (χ4n) is 1.89. The van der Waals surface area contributed by atoms with E-state index in [1.165, 1.54) is 23.5 Å². The number of hydrogen-bond donors (Lipinski definition) is 1. The summed E-state index contributed by atoms with van der Waals surface area (Å²) in [6.07, 6.45) is 0.294. The fraction of sp³-hybridized carbons (Fsp3) is 0.143. The van der Waals surface area contributed by atoms with Crippen LogP contribution in [0.2, 0.25) is 5.02 Å². The molecule has 0 saturated heterocycles. The summed E-state index contributed by atoms with van der Waals surface area (Å²) in [6, 6.07) is 10.0. The Bertz CT molecular complexity index is 892. The Morgan fingerprint density at radius 3 is 2.74 bits per heavy atom. The van der Waals surface area contributed by atoms with Crippen molar-refractivity contribution in [3.8, 4) is 10.8 Å². The molecule has 2 aromatic heterocycles. The van der Waals surface area contributed by atoms with Crippen LogP contribution in [0.4, 0.5) is 0 Å². The second kappa shape index (κ2) is 6.79. The van der Waals surface area contributed by atoms with Gasteiger partial charge in [-0.3, -0.25) is 0 Å². The Balaban J connectivity index is 1.62. The van der Waals surface area contributed by atoms with Crippen LogP contribution in [0.3, 0.4) is 0 Å². The van der Waals surface area contributed by atoms with Gasteiger partial charge in [0.05, 0.1) is 9.90 Å². The van der Waals surface area contributed by atoms with E-state index in [-0.39, 0.29) is 16.5 Å². The summed E-state index contributed by atoms with van der Waals surface area (Å²) in [6.45, 7) is 0.139. The first kappa shape index (κ1) is 16.1. The molecule has 2 heterocycles. The van der Waals surface area contributed by atoms with E-state index in [4.69, 9.17) is 16.0 Å². The molecular formula is C14H12ClN3O3S2. The Hall–Kier alpha value is -1.74. The highest BCUT2D eigenvalue weighted by Crippen LogP contribution is 2.23. The molecule has 0 fully saturated rings. The Morgan fingerprint density at radius 2 is 2.00 bits per heavy atom. The predicted octanol–water partition coefficient (Wildman–Crippen LogP) is 2.97. The molecule has 1 N–H and O–H groups in total. The molecule has 0 amide bonds. The average Bonchev–Trinajstić information content (AvgIpc) is 3.18. The van der Waals surface area contributed by atoms with Crippen molar-refractivity contribution in [2.45, 2.75) is 11.3 Å². The summed E-state index contributed by atoms with van der Waals surface area (Å²) in [4.78, 5) is 0.923. The highest BCUT2D eigenvalue weighted by molar-refractivity contribution is 7.89. The topological polar surface area (TPSA) is 85.1 Å². The molecular weight excluding hydrogens is 358 g/mol. The molecule has 3 aromatic rings. The number of hydrogen-bond acceptors (Lipinski definition) is 6. The molecule has 1 aromatic carbocycles. The maximum Gasteiger partial charge on any atom is 0.257 e. The van der Waals surface area contributed by atoms with Crippen molar-refractivity contribution >= 4 is 33.0 Å². The molecule has 0 aliphatic carbocycles. The van der Waals surface area contributed by atoms with Crippen LogP contribution >= 0.6 is 22.9 Å². The van der Waals surface area contributed by atoms with Crippen LogP contribution in [-0.4, -0.2) is 25.2 Å². The number of thiophene rings is 1. The third kappa shape index (κ3) is 3.78. The van der Waals surface area contributed by atoms with E-state index in [0.29, 0.717) is 18.2 Å². The lowest BCUT2D eigenvalue weighted by Crippen LogP contribution is -2.26. The smallest absolute Gasteiger partial charge is 0.257 e.